The third kappa shape index (κ3) is 2.62. The zero-order chi connectivity index (χ0) is 13.1. The molecule has 3 heteroatoms. The molecule has 0 bridgehead atoms. The van der Waals surface area contributed by atoms with Crippen LogP contribution >= 0.6 is 0 Å². The molecule has 94 valence electrons. The van der Waals surface area contributed by atoms with Gasteiger partial charge in [-0.25, -0.2) is 4.39 Å². The topological polar surface area (TPSA) is 38.0 Å². The van der Waals surface area contributed by atoms with Crippen LogP contribution in [-0.4, -0.2) is 0 Å². The van der Waals surface area contributed by atoms with Crippen molar-refractivity contribution < 1.29 is 4.39 Å². The summed E-state index contributed by atoms with van der Waals surface area (Å²) in [6, 6.07) is 10.4. The maximum absolute atomic E-state index is 13.2. The third-order valence-corrected chi connectivity index (χ3v) is 3.02. The molecule has 0 aliphatic carbocycles. The minimum Gasteiger partial charge on any atom is -0.397 e. The number of hydrogen-bond acceptors (Lipinski definition) is 2. The van der Waals surface area contributed by atoms with E-state index in [9.17, 15) is 4.39 Å². The lowest BCUT2D eigenvalue weighted by Crippen LogP contribution is -1.98. The molecule has 3 N–H and O–H groups in total. The third-order valence-electron chi connectivity index (χ3n) is 3.02. The van der Waals surface area contributed by atoms with Crippen LogP contribution in [0.15, 0.2) is 36.4 Å². The fourth-order valence-corrected chi connectivity index (χ4v) is 1.96. The van der Waals surface area contributed by atoms with Gasteiger partial charge >= 0.3 is 0 Å². The number of nitrogen functional groups attached to an aromatic ring is 1. The first kappa shape index (κ1) is 12.4. The van der Waals surface area contributed by atoms with Crippen molar-refractivity contribution in [1.29, 1.82) is 0 Å². The minimum atomic E-state index is -0.298. The Bertz CT molecular complexity index is 564. The van der Waals surface area contributed by atoms with Gasteiger partial charge in [0, 0.05) is 5.69 Å². The summed E-state index contributed by atoms with van der Waals surface area (Å²) in [5, 5.41) is 3.14. The van der Waals surface area contributed by atoms with E-state index in [-0.39, 0.29) is 5.82 Å². The molecule has 0 fully saturated rings. The van der Waals surface area contributed by atoms with Gasteiger partial charge in [-0.05, 0) is 54.8 Å². The minimum absolute atomic E-state index is 0.298. The second kappa shape index (κ2) is 5.08. The van der Waals surface area contributed by atoms with Crippen LogP contribution in [0.3, 0.4) is 0 Å². The number of halogens is 1. The van der Waals surface area contributed by atoms with E-state index in [2.05, 4.69) is 25.2 Å². The van der Waals surface area contributed by atoms with E-state index in [1.54, 1.807) is 6.07 Å². The van der Waals surface area contributed by atoms with Crippen LogP contribution in [-0.2, 0) is 6.42 Å². The molecule has 2 aromatic rings. The summed E-state index contributed by atoms with van der Waals surface area (Å²) >= 11 is 0. The quantitative estimate of drug-likeness (QED) is 0.800. The number of rotatable bonds is 3. The average Bonchev–Trinajstić information content (AvgIpc) is 2.34. The lowest BCUT2D eigenvalue weighted by molar-refractivity contribution is 0.628. The molecule has 0 spiro atoms. The number of aryl methyl sites for hydroxylation is 2. The van der Waals surface area contributed by atoms with Crippen LogP contribution in [0.1, 0.15) is 18.1 Å². The first-order chi connectivity index (χ1) is 8.60. The molecule has 2 aromatic carbocycles. The summed E-state index contributed by atoms with van der Waals surface area (Å²) in [5.41, 5.74) is 10.4. The Morgan fingerprint density at radius 3 is 2.61 bits per heavy atom. The molecule has 0 atom stereocenters. The van der Waals surface area contributed by atoms with Crippen LogP contribution in [0.2, 0.25) is 0 Å². The van der Waals surface area contributed by atoms with Crippen molar-refractivity contribution >= 4 is 17.1 Å². The molecule has 18 heavy (non-hydrogen) atoms. The van der Waals surface area contributed by atoms with Crippen molar-refractivity contribution in [3.63, 3.8) is 0 Å². The van der Waals surface area contributed by atoms with E-state index in [0.717, 1.165) is 12.1 Å². The lowest BCUT2D eigenvalue weighted by Gasteiger charge is -2.11. The van der Waals surface area contributed by atoms with Crippen molar-refractivity contribution in [2.45, 2.75) is 20.3 Å². The molecule has 2 rings (SSSR count). The molecule has 0 amide bonds. The highest BCUT2D eigenvalue weighted by Crippen LogP contribution is 2.25. The molecule has 0 heterocycles. The Kier molecular flexibility index (Phi) is 3.51. The van der Waals surface area contributed by atoms with Crippen molar-refractivity contribution in [3.8, 4) is 0 Å². The zero-order valence-corrected chi connectivity index (χ0v) is 10.6. The molecular weight excluding hydrogens is 227 g/mol. The normalized spacial score (nSPS) is 10.4. The highest BCUT2D eigenvalue weighted by Gasteiger charge is 2.03. The number of nitrogens with two attached hydrogens (primary N) is 1. The highest BCUT2D eigenvalue weighted by molar-refractivity contribution is 5.72. The maximum Gasteiger partial charge on any atom is 0.125 e. The number of anilines is 3. The van der Waals surface area contributed by atoms with Crippen LogP contribution in [0.4, 0.5) is 21.5 Å². The summed E-state index contributed by atoms with van der Waals surface area (Å²) in [6.45, 7) is 4.19. The van der Waals surface area contributed by atoms with E-state index in [4.69, 9.17) is 5.73 Å². The monoisotopic (exact) mass is 244 g/mol. The zero-order valence-electron chi connectivity index (χ0n) is 10.6. The summed E-state index contributed by atoms with van der Waals surface area (Å²) in [5.74, 6) is -0.298. The average molecular weight is 244 g/mol. The van der Waals surface area contributed by atoms with Gasteiger partial charge < -0.3 is 11.1 Å². The Balaban J connectivity index is 2.28. The molecule has 0 aromatic heterocycles. The number of benzene rings is 2. The van der Waals surface area contributed by atoms with E-state index in [0.29, 0.717) is 11.4 Å². The molecule has 0 unspecified atom stereocenters. The fraction of sp³-hybridized carbons (Fsp3) is 0.200. The molecule has 2 nitrogen and oxygen atoms in total. The van der Waals surface area contributed by atoms with E-state index < -0.39 is 0 Å². The van der Waals surface area contributed by atoms with Gasteiger partial charge in [0.15, 0.2) is 0 Å². The van der Waals surface area contributed by atoms with Gasteiger partial charge in [0.2, 0.25) is 0 Å². The maximum atomic E-state index is 13.2. The van der Waals surface area contributed by atoms with Crippen LogP contribution in [0.25, 0.3) is 0 Å². The first-order valence-electron chi connectivity index (χ1n) is 6.01. The molecule has 0 saturated carbocycles. The van der Waals surface area contributed by atoms with Crippen LogP contribution in [0.5, 0.6) is 0 Å². The summed E-state index contributed by atoms with van der Waals surface area (Å²) in [6.07, 6.45) is 1.01. The largest absolute Gasteiger partial charge is 0.397 e. The van der Waals surface area contributed by atoms with E-state index in [1.807, 2.05) is 12.1 Å². The fourth-order valence-electron chi connectivity index (χ4n) is 1.96. The molecule has 0 aliphatic rings. The smallest absolute Gasteiger partial charge is 0.125 e. The van der Waals surface area contributed by atoms with Gasteiger partial charge in [-0.15, -0.1) is 0 Å². The predicted molar refractivity (Wildman–Crippen MR) is 74.7 cm³/mol. The van der Waals surface area contributed by atoms with Gasteiger partial charge in [0.25, 0.3) is 0 Å². The van der Waals surface area contributed by atoms with E-state index >= 15 is 0 Å². The Labute approximate surface area is 107 Å². The Hall–Kier alpha value is -2.03. The van der Waals surface area contributed by atoms with E-state index in [1.165, 1.54) is 23.3 Å². The first-order valence-corrected chi connectivity index (χ1v) is 6.01. The van der Waals surface area contributed by atoms with Gasteiger partial charge in [-0.1, -0.05) is 13.0 Å². The van der Waals surface area contributed by atoms with Crippen molar-refractivity contribution in [3.05, 3.63) is 53.3 Å². The Morgan fingerprint density at radius 2 is 1.94 bits per heavy atom. The van der Waals surface area contributed by atoms with Crippen molar-refractivity contribution in [1.82, 2.24) is 0 Å². The second-order valence-electron chi connectivity index (χ2n) is 4.35. The SMILES string of the molecule is CCc1ccc(Nc2cc(F)ccc2N)cc1C. The van der Waals surface area contributed by atoms with Gasteiger partial charge in [0.05, 0.1) is 11.4 Å². The lowest BCUT2D eigenvalue weighted by atomic mass is 10.1. The molecule has 0 aliphatic heterocycles. The summed E-state index contributed by atoms with van der Waals surface area (Å²) < 4.78 is 13.2. The second-order valence-corrected chi connectivity index (χ2v) is 4.35. The number of nitrogens with one attached hydrogen (secondary N) is 1. The van der Waals surface area contributed by atoms with Crippen LogP contribution < -0.4 is 11.1 Å². The molecular formula is C15H17FN2. The number of hydrogen-bond donors (Lipinski definition) is 2. The Morgan fingerprint density at radius 1 is 1.17 bits per heavy atom. The molecule has 0 saturated heterocycles. The van der Waals surface area contributed by atoms with Crippen molar-refractivity contribution in [2.75, 3.05) is 11.1 Å². The van der Waals surface area contributed by atoms with Crippen molar-refractivity contribution in [2.24, 2.45) is 0 Å². The van der Waals surface area contributed by atoms with Crippen LogP contribution in [0, 0.1) is 12.7 Å². The summed E-state index contributed by atoms with van der Waals surface area (Å²) in [4.78, 5) is 0. The predicted octanol–water partition coefficient (Wildman–Crippen LogP) is 4.02. The van der Waals surface area contributed by atoms with Gasteiger partial charge in [0.1, 0.15) is 5.82 Å². The standard InChI is InChI=1S/C15H17FN2/c1-3-11-4-6-13(8-10(11)2)18-15-9-12(16)5-7-14(15)17/h4-9,18H,3,17H2,1-2H3. The molecule has 0 radical (unpaired) electrons. The summed E-state index contributed by atoms with van der Waals surface area (Å²) in [7, 11) is 0. The van der Waals surface area contributed by atoms with Gasteiger partial charge in [-0.3, -0.25) is 0 Å². The highest BCUT2D eigenvalue weighted by atomic mass is 19.1. The van der Waals surface area contributed by atoms with Gasteiger partial charge in [-0.2, -0.15) is 0 Å².